The molecule has 5 heteroatoms. The van der Waals surface area contributed by atoms with Crippen molar-refractivity contribution in [2.24, 2.45) is 0 Å². The first-order valence-electron chi connectivity index (χ1n) is 10.2. The normalized spacial score (nSPS) is 10.7. The lowest BCUT2D eigenvalue weighted by atomic mass is 10.1. The van der Waals surface area contributed by atoms with Crippen molar-refractivity contribution in [1.29, 1.82) is 0 Å². The van der Waals surface area contributed by atoms with Crippen LogP contribution in [0, 0.1) is 0 Å². The van der Waals surface area contributed by atoms with Crippen LogP contribution in [0.5, 0.6) is 11.5 Å². The third-order valence-corrected chi connectivity index (χ3v) is 5.44. The lowest BCUT2D eigenvalue weighted by Crippen LogP contribution is -2.16. The second-order valence-electron chi connectivity index (χ2n) is 7.45. The van der Waals surface area contributed by atoms with E-state index in [9.17, 15) is 0 Å². The predicted octanol–water partition coefficient (Wildman–Crippen LogP) is 5.60. The maximum atomic E-state index is 5.37. The van der Waals surface area contributed by atoms with Crippen LogP contribution < -0.4 is 19.7 Å². The van der Waals surface area contributed by atoms with E-state index in [2.05, 4.69) is 53.7 Å². The van der Waals surface area contributed by atoms with Gasteiger partial charge in [-0.05, 0) is 53.4 Å². The van der Waals surface area contributed by atoms with E-state index in [0.717, 1.165) is 51.6 Å². The predicted molar refractivity (Wildman–Crippen MR) is 128 cm³/mol. The molecular formula is C26H27N3O2. The molecule has 0 spiro atoms. The van der Waals surface area contributed by atoms with Gasteiger partial charge in [0.15, 0.2) is 0 Å². The van der Waals surface area contributed by atoms with E-state index in [1.165, 1.54) is 5.56 Å². The van der Waals surface area contributed by atoms with Gasteiger partial charge in [-0.1, -0.05) is 30.3 Å². The highest BCUT2D eigenvalue weighted by Gasteiger charge is 2.11. The quantitative estimate of drug-likeness (QED) is 0.427. The molecule has 0 aliphatic heterocycles. The van der Waals surface area contributed by atoms with Crippen molar-refractivity contribution < 1.29 is 9.47 Å². The first-order valence-corrected chi connectivity index (χ1v) is 10.2. The van der Waals surface area contributed by atoms with Crippen LogP contribution in [0.2, 0.25) is 0 Å². The molecule has 3 aromatic carbocycles. The summed E-state index contributed by atoms with van der Waals surface area (Å²) in [6.07, 6.45) is 0. The fourth-order valence-corrected chi connectivity index (χ4v) is 3.69. The highest BCUT2D eigenvalue weighted by molar-refractivity contribution is 5.96. The van der Waals surface area contributed by atoms with Gasteiger partial charge in [0.05, 0.1) is 19.9 Å². The summed E-state index contributed by atoms with van der Waals surface area (Å²) in [6.45, 7) is 0.805. The van der Waals surface area contributed by atoms with Crippen LogP contribution in [0.25, 0.3) is 22.0 Å². The molecule has 0 bridgehead atoms. The number of anilines is 2. The summed E-state index contributed by atoms with van der Waals surface area (Å²) >= 11 is 0. The molecule has 0 fully saturated rings. The molecule has 0 radical (unpaired) electrons. The van der Waals surface area contributed by atoms with Crippen LogP contribution in [-0.2, 0) is 6.54 Å². The first kappa shape index (κ1) is 20.5. The molecule has 1 aromatic heterocycles. The van der Waals surface area contributed by atoms with Crippen molar-refractivity contribution in [1.82, 2.24) is 4.98 Å². The second-order valence-corrected chi connectivity index (χ2v) is 7.45. The third-order valence-electron chi connectivity index (χ3n) is 5.44. The van der Waals surface area contributed by atoms with Gasteiger partial charge in [-0.25, -0.2) is 4.98 Å². The van der Waals surface area contributed by atoms with Crippen molar-refractivity contribution in [3.05, 3.63) is 78.4 Å². The van der Waals surface area contributed by atoms with Crippen molar-refractivity contribution in [3.63, 3.8) is 0 Å². The molecule has 0 aliphatic rings. The third kappa shape index (κ3) is 4.40. The van der Waals surface area contributed by atoms with Gasteiger partial charge in [-0.2, -0.15) is 0 Å². The molecule has 1 N–H and O–H groups in total. The van der Waals surface area contributed by atoms with Crippen LogP contribution >= 0.6 is 0 Å². The number of aromatic nitrogens is 1. The van der Waals surface area contributed by atoms with Gasteiger partial charge in [-0.15, -0.1) is 0 Å². The van der Waals surface area contributed by atoms with E-state index < -0.39 is 0 Å². The molecule has 0 atom stereocenters. The van der Waals surface area contributed by atoms with Crippen molar-refractivity contribution in [2.75, 3.05) is 38.5 Å². The number of ether oxygens (including phenoxy) is 2. The Balaban J connectivity index is 1.66. The molecule has 0 aliphatic carbocycles. The lowest BCUT2D eigenvalue weighted by molar-refractivity contribution is 0.414. The number of benzene rings is 3. The molecule has 31 heavy (non-hydrogen) atoms. The Morgan fingerprint density at radius 3 is 2.35 bits per heavy atom. The number of hydrogen-bond acceptors (Lipinski definition) is 5. The zero-order valence-corrected chi connectivity index (χ0v) is 18.3. The minimum absolute atomic E-state index is 0.805. The summed E-state index contributed by atoms with van der Waals surface area (Å²) in [5.41, 5.74) is 4.30. The van der Waals surface area contributed by atoms with Crippen molar-refractivity contribution >= 4 is 22.3 Å². The zero-order valence-electron chi connectivity index (χ0n) is 18.3. The number of hydrogen-bond donors (Lipinski definition) is 1. The fraction of sp³-hybridized carbons (Fsp3) is 0.192. The number of fused-ring (bicyclic) bond motifs is 1. The standard InChI is InChI=1S/C26H27N3O2/c1-27-26-24-16-21(29(2)17-18-8-12-22(30-3)13-9-18)11-10-19(24)15-25(28-26)20-6-5-7-23(14-20)31-4/h5-16H,17H2,1-4H3,(H,27,28). The number of nitrogens with one attached hydrogen (secondary N) is 1. The number of nitrogens with zero attached hydrogens (tertiary/aromatic N) is 2. The largest absolute Gasteiger partial charge is 0.497 e. The molecule has 4 aromatic rings. The molecule has 4 rings (SSSR count). The van der Waals surface area contributed by atoms with E-state index in [-0.39, 0.29) is 0 Å². The molecule has 0 amide bonds. The van der Waals surface area contributed by atoms with Gasteiger partial charge in [-0.3, -0.25) is 0 Å². The summed E-state index contributed by atoms with van der Waals surface area (Å²) in [7, 11) is 7.37. The Morgan fingerprint density at radius 2 is 1.65 bits per heavy atom. The Hall–Kier alpha value is -3.73. The summed E-state index contributed by atoms with van der Waals surface area (Å²) in [5.74, 6) is 2.55. The summed E-state index contributed by atoms with van der Waals surface area (Å²) < 4.78 is 10.6. The Kier molecular flexibility index (Phi) is 5.94. The minimum atomic E-state index is 0.805. The molecule has 0 saturated heterocycles. The van der Waals surface area contributed by atoms with E-state index in [1.807, 2.05) is 43.4 Å². The minimum Gasteiger partial charge on any atom is -0.497 e. The summed E-state index contributed by atoms with van der Waals surface area (Å²) in [6, 6.07) is 24.8. The van der Waals surface area contributed by atoms with Crippen LogP contribution in [-0.4, -0.2) is 33.3 Å². The maximum Gasteiger partial charge on any atom is 0.134 e. The average molecular weight is 414 g/mol. The Morgan fingerprint density at radius 1 is 0.871 bits per heavy atom. The smallest absolute Gasteiger partial charge is 0.134 e. The summed E-state index contributed by atoms with van der Waals surface area (Å²) in [4.78, 5) is 7.10. The van der Waals surface area contributed by atoms with E-state index in [4.69, 9.17) is 14.5 Å². The van der Waals surface area contributed by atoms with Crippen molar-refractivity contribution in [3.8, 4) is 22.8 Å². The van der Waals surface area contributed by atoms with Crippen molar-refractivity contribution in [2.45, 2.75) is 6.54 Å². The van der Waals surface area contributed by atoms with Gasteiger partial charge in [0.25, 0.3) is 0 Å². The van der Waals surface area contributed by atoms with Gasteiger partial charge in [0.2, 0.25) is 0 Å². The molecular weight excluding hydrogens is 386 g/mol. The topological polar surface area (TPSA) is 46.6 Å². The Bertz CT molecular complexity index is 1190. The summed E-state index contributed by atoms with van der Waals surface area (Å²) in [5, 5.41) is 5.49. The SMILES string of the molecule is CNc1nc(-c2cccc(OC)c2)cc2ccc(N(C)Cc3ccc(OC)cc3)cc12. The molecule has 5 nitrogen and oxygen atoms in total. The average Bonchev–Trinajstić information content (AvgIpc) is 2.83. The van der Waals surface area contributed by atoms with Gasteiger partial charge >= 0.3 is 0 Å². The molecule has 158 valence electrons. The Labute approximate surface area is 183 Å². The lowest BCUT2D eigenvalue weighted by Gasteiger charge is -2.21. The monoisotopic (exact) mass is 413 g/mol. The van der Waals surface area contributed by atoms with Crippen LogP contribution in [0.15, 0.2) is 72.8 Å². The highest BCUT2D eigenvalue weighted by Crippen LogP contribution is 2.32. The molecule has 1 heterocycles. The van der Waals surface area contributed by atoms with E-state index >= 15 is 0 Å². The number of methoxy groups -OCH3 is 2. The van der Waals surface area contributed by atoms with Gasteiger partial charge in [0.1, 0.15) is 17.3 Å². The molecule has 0 unspecified atom stereocenters. The van der Waals surface area contributed by atoms with E-state index in [1.54, 1.807) is 14.2 Å². The number of rotatable bonds is 7. The van der Waals surface area contributed by atoms with Crippen LogP contribution in [0.4, 0.5) is 11.5 Å². The van der Waals surface area contributed by atoms with E-state index in [0.29, 0.717) is 0 Å². The second kappa shape index (κ2) is 8.96. The van der Waals surface area contributed by atoms with Crippen LogP contribution in [0.3, 0.4) is 0 Å². The van der Waals surface area contributed by atoms with Crippen LogP contribution in [0.1, 0.15) is 5.56 Å². The molecule has 0 saturated carbocycles. The highest BCUT2D eigenvalue weighted by atomic mass is 16.5. The van der Waals surface area contributed by atoms with Gasteiger partial charge < -0.3 is 19.7 Å². The zero-order chi connectivity index (χ0) is 21.8. The number of pyridine rings is 1. The fourth-order valence-electron chi connectivity index (χ4n) is 3.69. The maximum absolute atomic E-state index is 5.37. The first-order chi connectivity index (χ1) is 15.1. The van der Waals surface area contributed by atoms with Gasteiger partial charge in [0, 0.05) is 37.3 Å².